The third-order valence-electron chi connectivity index (χ3n) is 5.95. The minimum absolute atomic E-state index is 0.818. The minimum Gasteiger partial charge on any atom is -0.497 e. The Morgan fingerprint density at radius 3 is 1.76 bits per heavy atom. The number of rotatable bonds is 5. The second-order valence-corrected chi connectivity index (χ2v) is 8.14. The van der Waals surface area contributed by atoms with Gasteiger partial charge in [-0.25, -0.2) is 4.98 Å². The molecule has 0 spiro atoms. The summed E-state index contributed by atoms with van der Waals surface area (Å²) in [6.45, 7) is 4.15. The molecular weight excluding hydrogens is 410 g/mol. The topological polar surface area (TPSA) is 44.5 Å². The van der Waals surface area contributed by atoms with Gasteiger partial charge in [0.2, 0.25) is 0 Å². The van der Waals surface area contributed by atoms with E-state index >= 15 is 0 Å². The first-order chi connectivity index (χ1) is 16.1. The van der Waals surface area contributed by atoms with E-state index in [4.69, 9.17) is 18.9 Å². The number of ether oxygens (including phenoxy) is 2. The normalized spacial score (nSPS) is 11.0. The third-order valence-corrected chi connectivity index (χ3v) is 5.95. The lowest BCUT2D eigenvalue weighted by Gasteiger charge is -2.13. The Bertz CT molecular complexity index is 1360. The quantitative estimate of drug-likeness (QED) is 0.287. The monoisotopic (exact) mass is 435 g/mol. The number of hydrogen-bond acceptors (Lipinski definition) is 4. The zero-order valence-electron chi connectivity index (χ0n) is 19.2. The van der Waals surface area contributed by atoms with Crippen LogP contribution < -0.4 is 9.47 Å². The minimum atomic E-state index is 0.818. The summed E-state index contributed by atoms with van der Waals surface area (Å²) >= 11 is 0. The summed E-state index contributed by atoms with van der Waals surface area (Å²) in [7, 11) is 3.36. The van der Waals surface area contributed by atoms with Gasteiger partial charge in [-0.05, 0) is 85.6 Å². The SMILES string of the molecule is COc1ccc(-c2cc(-c3cc4ccccc4o3)cc(-c3ccc(OC)cc3C)n2)c(C)c1. The predicted molar refractivity (Wildman–Crippen MR) is 133 cm³/mol. The molecule has 2 aromatic heterocycles. The summed E-state index contributed by atoms with van der Waals surface area (Å²) in [6, 6.07) is 26.4. The number of furan rings is 1. The van der Waals surface area contributed by atoms with Crippen LogP contribution in [0, 0.1) is 13.8 Å². The Kier molecular flexibility index (Phi) is 5.35. The lowest BCUT2D eigenvalue weighted by Crippen LogP contribution is -1.95. The van der Waals surface area contributed by atoms with Crippen molar-refractivity contribution >= 4 is 11.0 Å². The molecule has 4 nitrogen and oxygen atoms in total. The van der Waals surface area contributed by atoms with Crippen molar-refractivity contribution in [3.8, 4) is 45.3 Å². The van der Waals surface area contributed by atoms with Gasteiger partial charge in [0.25, 0.3) is 0 Å². The molecule has 0 aliphatic heterocycles. The molecule has 0 unspecified atom stereocenters. The highest BCUT2D eigenvalue weighted by atomic mass is 16.5. The average Bonchev–Trinajstić information content (AvgIpc) is 3.28. The number of hydrogen-bond donors (Lipinski definition) is 0. The van der Waals surface area contributed by atoms with Crippen LogP contribution in [-0.4, -0.2) is 19.2 Å². The van der Waals surface area contributed by atoms with E-state index in [1.54, 1.807) is 14.2 Å². The average molecular weight is 436 g/mol. The van der Waals surface area contributed by atoms with E-state index in [-0.39, 0.29) is 0 Å². The molecule has 0 atom stereocenters. The van der Waals surface area contributed by atoms with Crippen molar-refractivity contribution in [2.45, 2.75) is 13.8 Å². The Morgan fingerprint density at radius 1 is 0.667 bits per heavy atom. The zero-order valence-corrected chi connectivity index (χ0v) is 19.2. The molecule has 0 aliphatic carbocycles. The maximum absolute atomic E-state index is 6.20. The van der Waals surface area contributed by atoms with Crippen molar-refractivity contribution in [3.05, 3.63) is 90.0 Å². The fraction of sp³-hybridized carbons (Fsp3) is 0.138. The van der Waals surface area contributed by atoms with E-state index in [0.717, 1.165) is 67.4 Å². The maximum Gasteiger partial charge on any atom is 0.135 e. The van der Waals surface area contributed by atoms with Gasteiger partial charge in [0, 0.05) is 22.1 Å². The molecule has 0 bridgehead atoms. The maximum atomic E-state index is 6.20. The van der Waals surface area contributed by atoms with Crippen molar-refractivity contribution in [1.29, 1.82) is 0 Å². The van der Waals surface area contributed by atoms with Crippen molar-refractivity contribution in [2.75, 3.05) is 14.2 Å². The molecule has 33 heavy (non-hydrogen) atoms. The smallest absolute Gasteiger partial charge is 0.135 e. The van der Waals surface area contributed by atoms with Crippen LogP contribution in [0.5, 0.6) is 11.5 Å². The predicted octanol–water partition coefficient (Wildman–Crippen LogP) is 7.46. The van der Waals surface area contributed by atoms with Gasteiger partial charge in [-0.1, -0.05) is 18.2 Å². The number of benzene rings is 3. The number of pyridine rings is 1. The Labute approximate surface area is 193 Å². The molecule has 0 saturated heterocycles. The van der Waals surface area contributed by atoms with E-state index in [1.165, 1.54) is 0 Å². The fourth-order valence-electron chi connectivity index (χ4n) is 4.17. The van der Waals surface area contributed by atoms with Crippen LogP contribution in [-0.2, 0) is 0 Å². The molecule has 0 radical (unpaired) electrons. The molecule has 0 aliphatic rings. The van der Waals surface area contributed by atoms with E-state index in [1.807, 2.05) is 42.5 Å². The standard InChI is InChI=1S/C29H25NO3/c1-18-13-22(31-3)9-11-24(18)26-15-21(29-17-20-7-5-6-8-28(20)33-29)16-27(30-26)25-12-10-23(32-4)14-19(25)2/h5-17H,1-4H3. The van der Waals surface area contributed by atoms with Gasteiger partial charge in [0.1, 0.15) is 22.8 Å². The first-order valence-corrected chi connectivity index (χ1v) is 10.9. The van der Waals surface area contributed by atoms with Crippen LogP contribution >= 0.6 is 0 Å². The van der Waals surface area contributed by atoms with Gasteiger partial charge in [0.05, 0.1) is 25.6 Å². The van der Waals surface area contributed by atoms with Crippen LogP contribution in [0.2, 0.25) is 0 Å². The highest BCUT2D eigenvalue weighted by Gasteiger charge is 2.15. The summed E-state index contributed by atoms with van der Waals surface area (Å²) in [6.07, 6.45) is 0. The molecule has 0 fully saturated rings. The number of methoxy groups -OCH3 is 2. The number of nitrogens with zero attached hydrogens (tertiary/aromatic N) is 1. The van der Waals surface area contributed by atoms with E-state index in [0.29, 0.717) is 0 Å². The van der Waals surface area contributed by atoms with Crippen molar-refractivity contribution in [1.82, 2.24) is 4.98 Å². The summed E-state index contributed by atoms with van der Waals surface area (Å²) in [5.74, 6) is 2.48. The Morgan fingerprint density at radius 2 is 1.24 bits per heavy atom. The molecule has 5 rings (SSSR count). The summed E-state index contributed by atoms with van der Waals surface area (Å²) in [5.41, 5.74) is 7.94. The number of para-hydroxylation sites is 1. The van der Waals surface area contributed by atoms with Gasteiger partial charge in [0.15, 0.2) is 0 Å². The molecule has 0 N–H and O–H groups in total. The molecule has 5 aromatic rings. The zero-order chi connectivity index (χ0) is 22.9. The van der Waals surface area contributed by atoms with E-state index in [9.17, 15) is 0 Å². The summed E-state index contributed by atoms with van der Waals surface area (Å²) in [5, 5.41) is 1.08. The van der Waals surface area contributed by atoms with Crippen molar-refractivity contribution < 1.29 is 13.9 Å². The summed E-state index contributed by atoms with van der Waals surface area (Å²) < 4.78 is 17.0. The molecule has 0 saturated carbocycles. The van der Waals surface area contributed by atoms with Gasteiger partial charge < -0.3 is 13.9 Å². The van der Waals surface area contributed by atoms with Gasteiger partial charge in [-0.15, -0.1) is 0 Å². The van der Waals surface area contributed by atoms with Crippen LogP contribution in [0.25, 0.3) is 44.8 Å². The number of aromatic nitrogens is 1. The number of fused-ring (bicyclic) bond motifs is 1. The van der Waals surface area contributed by atoms with E-state index < -0.39 is 0 Å². The summed E-state index contributed by atoms with van der Waals surface area (Å²) in [4.78, 5) is 5.06. The van der Waals surface area contributed by atoms with Gasteiger partial charge in [-0.2, -0.15) is 0 Å². The molecule has 164 valence electrons. The van der Waals surface area contributed by atoms with Gasteiger partial charge in [-0.3, -0.25) is 0 Å². The lowest BCUT2D eigenvalue weighted by atomic mass is 9.98. The van der Waals surface area contributed by atoms with Crippen molar-refractivity contribution in [2.24, 2.45) is 0 Å². The fourth-order valence-corrected chi connectivity index (χ4v) is 4.17. The molecular formula is C29H25NO3. The first-order valence-electron chi connectivity index (χ1n) is 10.9. The van der Waals surface area contributed by atoms with E-state index in [2.05, 4.69) is 50.2 Å². The highest BCUT2D eigenvalue weighted by molar-refractivity contribution is 5.85. The Balaban J connectivity index is 1.72. The molecule has 3 aromatic carbocycles. The van der Waals surface area contributed by atoms with Crippen LogP contribution in [0.1, 0.15) is 11.1 Å². The van der Waals surface area contributed by atoms with Crippen LogP contribution in [0.3, 0.4) is 0 Å². The largest absolute Gasteiger partial charge is 0.497 e. The van der Waals surface area contributed by atoms with Gasteiger partial charge >= 0.3 is 0 Å². The molecule has 2 heterocycles. The lowest BCUT2D eigenvalue weighted by molar-refractivity contribution is 0.414. The molecule has 4 heteroatoms. The van der Waals surface area contributed by atoms with Crippen molar-refractivity contribution in [3.63, 3.8) is 0 Å². The van der Waals surface area contributed by atoms with Crippen LogP contribution in [0.15, 0.2) is 83.3 Å². The van der Waals surface area contributed by atoms with Crippen LogP contribution in [0.4, 0.5) is 0 Å². The third kappa shape index (κ3) is 3.96. The first kappa shape index (κ1) is 20.8. The number of aryl methyl sites for hydroxylation is 2. The highest BCUT2D eigenvalue weighted by Crippen LogP contribution is 2.36. The Hall–Kier alpha value is -4.05. The second kappa shape index (κ2) is 8.47. The second-order valence-electron chi connectivity index (χ2n) is 8.14. The molecule has 0 amide bonds.